The summed E-state index contributed by atoms with van der Waals surface area (Å²) < 4.78 is 5.50. The number of ether oxygens (including phenoxy) is 1. The number of benzene rings is 3. The molecule has 33 heavy (non-hydrogen) atoms. The van der Waals surface area contributed by atoms with Crippen molar-refractivity contribution in [3.63, 3.8) is 0 Å². The Bertz CT molecular complexity index is 1280. The quantitative estimate of drug-likeness (QED) is 0.454. The van der Waals surface area contributed by atoms with Gasteiger partial charge in [-0.25, -0.2) is 4.90 Å². The summed E-state index contributed by atoms with van der Waals surface area (Å²) in [7, 11) is 0. The summed E-state index contributed by atoms with van der Waals surface area (Å²) in [5, 5.41) is 3.65. The van der Waals surface area contributed by atoms with Crippen LogP contribution in [0.5, 0.6) is 5.75 Å². The van der Waals surface area contributed by atoms with E-state index in [0.29, 0.717) is 28.6 Å². The lowest BCUT2D eigenvalue weighted by molar-refractivity contribution is -0.120. The van der Waals surface area contributed by atoms with Gasteiger partial charge in [0, 0.05) is 10.7 Å². The van der Waals surface area contributed by atoms with E-state index in [9.17, 15) is 9.59 Å². The lowest BCUT2D eigenvalue weighted by Gasteiger charge is -2.18. The van der Waals surface area contributed by atoms with Crippen LogP contribution < -0.4 is 15.0 Å². The third-order valence-corrected chi connectivity index (χ3v) is 5.82. The van der Waals surface area contributed by atoms with Crippen molar-refractivity contribution in [1.29, 1.82) is 0 Å². The van der Waals surface area contributed by atoms with Gasteiger partial charge in [-0.2, -0.15) is 0 Å². The van der Waals surface area contributed by atoms with Gasteiger partial charge in [-0.05, 0) is 80.8 Å². The van der Waals surface area contributed by atoms with Crippen molar-refractivity contribution in [1.82, 2.24) is 0 Å². The summed E-state index contributed by atoms with van der Waals surface area (Å²) >= 11 is 6.20. The van der Waals surface area contributed by atoms with Crippen LogP contribution in [-0.4, -0.2) is 18.4 Å². The summed E-state index contributed by atoms with van der Waals surface area (Å²) in [6.07, 6.45) is 0. The molecule has 0 unspecified atom stereocenters. The van der Waals surface area contributed by atoms with Crippen LogP contribution in [0.3, 0.4) is 0 Å². The number of aryl methyl sites for hydroxylation is 3. The van der Waals surface area contributed by atoms with Crippen LogP contribution in [0.4, 0.5) is 11.4 Å². The zero-order valence-corrected chi connectivity index (χ0v) is 19.8. The minimum atomic E-state index is -0.422. The number of carbonyl (C=O) groups excluding carboxylic acids is 2. The Hall–Kier alpha value is -3.57. The first kappa shape index (κ1) is 22.6. The average Bonchev–Trinajstić information content (AvgIpc) is 3.01. The number of amides is 2. The van der Waals surface area contributed by atoms with Crippen LogP contribution in [0.15, 0.2) is 66.4 Å². The molecule has 4 rings (SSSR count). The number of imide groups is 1. The second-order valence-corrected chi connectivity index (χ2v) is 8.46. The molecule has 2 amide bonds. The third kappa shape index (κ3) is 4.37. The van der Waals surface area contributed by atoms with Gasteiger partial charge in [-0.15, -0.1) is 0 Å². The molecule has 0 spiro atoms. The minimum absolute atomic E-state index is 0.232. The normalized spacial score (nSPS) is 13.7. The molecule has 1 aliphatic rings. The number of anilines is 2. The summed E-state index contributed by atoms with van der Waals surface area (Å²) in [5.41, 5.74) is 5.23. The predicted octanol–water partition coefficient (Wildman–Crippen LogP) is 6.06. The van der Waals surface area contributed by atoms with Crippen LogP contribution in [0.2, 0.25) is 5.02 Å². The summed E-state index contributed by atoms with van der Waals surface area (Å²) in [4.78, 5) is 28.5. The Kier molecular flexibility index (Phi) is 6.25. The number of nitrogens with zero attached hydrogens (tertiary/aromatic N) is 1. The van der Waals surface area contributed by atoms with E-state index in [0.717, 1.165) is 28.0 Å². The number of carbonyl (C=O) groups is 2. The van der Waals surface area contributed by atoms with E-state index in [4.69, 9.17) is 16.3 Å². The summed E-state index contributed by atoms with van der Waals surface area (Å²) in [6, 6.07) is 18.3. The molecule has 0 fully saturated rings. The molecule has 0 saturated carbocycles. The lowest BCUT2D eigenvalue weighted by Crippen LogP contribution is -2.33. The number of hydrogen-bond donors (Lipinski definition) is 1. The second-order valence-electron chi connectivity index (χ2n) is 8.03. The van der Waals surface area contributed by atoms with E-state index >= 15 is 0 Å². The van der Waals surface area contributed by atoms with Crippen molar-refractivity contribution in [2.24, 2.45) is 0 Å². The molecule has 0 radical (unpaired) electrons. The largest absolute Gasteiger partial charge is 0.494 e. The first-order chi connectivity index (χ1) is 15.8. The molecule has 1 N–H and O–H groups in total. The maximum absolute atomic E-state index is 13.7. The van der Waals surface area contributed by atoms with E-state index in [1.54, 1.807) is 18.2 Å². The molecule has 5 nitrogen and oxygen atoms in total. The van der Waals surface area contributed by atoms with Crippen LogP contribution in [-0.2, 0) is 9.59 Å². The van der Waals surface area contributed by atoms with E-state index < -0.39 is 5.91 Å². The molecule has 0 bridgehead atoms. The first-order valence-corrected chi connectivity index (χ1v) is 11.1. The van der Waals surface area contributed by atoms with Crippen molar-refractivity contribution in [2.45, 2.75) is 27.7 Å². The SMILES string of the molecule is CCOc1ccc(NC2=C(c3ccc(C)cc3C)C(=O)N(c3cc(Cl)ccc3C)C2=O)cc1. The fourth-order valence-corrected chi connectivity index (χ4v) is 4.14. The van der Waals surface area contributed by atoms with Crippen molar-refractivity contribution in [3.05, 3.63) is 93.6 Å². The summed E-state index contributed by atoms with van der Waals surface area (Å²) in [5.74, 6) is -0.0726. The Balaban J connectivity index is 1.83. The number of rotatable bonds is 6. The van der Waals surface area contributed by atoms with Gasteiger partial charge in [0.25, 0.3) is 11.8 Å². The highest BCUT2D eigenvalue weighted by molar-refractivity contribution is 6.46. The molecule has 168 valence electrons. The Morgan fingerprint density at radius 1 is 0.879 bits per heavy atom. The topological polar surface area (TPSA) is 58.6 Å². The molecular weight excluding hydrogens is 436 g/mol. The van der Waals surface area contributed by atoms with Crippen molar-refractivity contribution >= 4 is 40.4 Å². The van der Waals surface area contributed by atoms with Gasteiger partial charge in [0.05, 0.1) is 17.9 Å². The Morgan fingerprint density at radius 3 is 2.27 bits per heavy atom. The monoisotopic (exact) mass is 460 g/mol. The molecule has 3 aromatic rings. The fourth-order valence-electron chi connectivity index (χ4n) is 3.98. The third-order valence-electron chi connectivity index (χ3n) is 5.58. The van der Waals surface area contributed by atoms with Gasteiger partial charge in [-0.3, -0.25) is 9.59 Å². The Labute approximate surface area is 198 Å². The molecule has 6 heteroatoms. The van der Waals surface area contributed by atoms with Crippen molar-refractivity contribution in [3.8, 4) is 5.75 Å². The van der Waals surface area contributed by atoms with Crippen molar-refractivity contribution < 1.29 is 14.3 Å². The van der Waals surface area contributed by atoms with E-state index in [2.05, 4.69) is 5.32 Å². The molecule has 1 heterocycles. The zero-order chi connectivity index (χ0) is 23.7. The van der Waals surface area contributed by atoms with Crippen LogP contribution >= 0.6 is 11.6 Å². The first-order valence-electron chi connectivity index (χ1n) is 10.8. The molecule has 0 aromatic heterocycles. The van der Waals surface area contributed by atoms with Gasteiger partial charge < -0.3 is 10.1 Å². The van der Waals surface area contributed by atoms with Crippen LogP contribution in [0, 0.1) is 20.8 Å². The van der Waals surface area contributed by atoms with Gasteiger partial charge in [-0.1, -0.05) is 41.4 Å². The molecular formula is C27H25ClN2O3. The molecule has 1 aliphatic heterocycles. The summed E-state index contributed by atoms with van der Waals surface area (Å²) in [6.45, 7) is 8.27. The van der Waals surface area contributed by atoms with Gasteiger partial charge in [0.1, 0.15) is 11.4 Å². The highest BCUT2D eigenvalue weighted by atomic mass is 35.5. The average molecular weight is 461 g/mol. The maximum atomic E-state index is 13.7. The van der Waals surface area contributed by atoms with Crippen LogP contribution in [0.25, 0.3) is 5.57 Å². The van der Waals surface area contributed by atoms with E-state index in [1.807, 2.05) is 70.2 Å². The molecule has 0 aliphatic carbocycles. The minimum Gasteiger partial charge on any atom is -0.494 e. The fraction of sp³-hybridized carbons (Fsp3) is 0.185. The van der Waals surface area contributed by atoms with Crippen LogP contribution in [0.1, 0.15) is 29.2 Å². The lowest BCUT2D eigenvalue weighted by atomic mass is 9.97. The standard InChI is InChI=1S/C27H25ClN2O3/c1-5-33-21-11-9-20(10-12-21)29-25-24(22-13-6-16(2)14-18(22)4)26(31)30(27(25)32)23-15-19(28)8-7-17(23)3/h6-15,29H,5H2,1-4H3. The highest BCUT2D eigenvalue weighted by Gasteiger charge is 2.41. The number of halogens is 1. The Morgan fingerprint density at radius 2 is 1.61 bits per heavy atom. The van der Waals surface area contributed by atoms with E-state index in [1.165, 1.54) is 4.90 Å². The van der Waals surface area contributed by atoms with E-state index in [-0.39, 0.29) is 11.6 Å². The highest BCUT2D eigenvalue weighted by Crippen LogP contribution is 2.37. The number of hydrogen-bond acceptors (Lipinski definition) is 4. The van der Waals surface area contributed by atoms with Gasteiger partial charge in [0.2, 0.25) is 0 Å². The second kappa shape index (κ2) is 9.12. The number of nitrogens with one attached hydrogen (secondary N) is 1. The van der Waals surface area contributed by atoms with Gasteiger partial charge >= 0.3 is 0 Å². The molecule has 0 saturated heterocycles. The maximum Gasteiger partial charge on any atom is 0.282 e. The van der Waals surface area contributed by atoms with Gasteiger partial charge in [0.15, 0.2) is 0 Å². The van der Waals surface area contributed by atoms with Crippen molar-refractivity contribution in [2.75, 3.05) is 16.8 Å². The smallest absolute Gasteiger partial charge is 0.282 e. The molecule has 0 atom stereocenters. The zero-order valence-electron chi connectivity index (χ0n) is 19.0. The molecule has 3 aromatic carbocycles. The predicted molar refractivity (Wildman–Crippen MR) is 133 cm³/mol.